The SMILES string of the molecule is CC1(C)c2ccccc2N(c2ccccc2)c2cc3c(cc21)-c1cccc2cccc(c12)N3c1nc(-c2ccccc2)c2ccccc2n1. The summed E-state index contributed by atoms with van der Waals surface area (Å²) in [5, 5.41) is 3.44. The van der Waals surface area contributed by atoms with E-state index in [2.05, 4.69) is 175 Å². The molecule has 2 aliphatic rings. The van der Waals surface area contributed by atoms with Crippen molar-refractivity contribution >= 4 is 56.1 Å². The molecule has 0 atom stereocenters. The van der Waals surface area contributed by atoms with Crippen molar-refractivity contribution in [3.63, 3.8) is 0 Å². The molecule has 0 N–H and O–H groups in total. The average Bonchev–Trinajstić information content (AvgIpc) is 3.15. The van der Waals surface area contributed by atoms with Crippen LogP contribution in [-0.2, 0) is 5.41 Å². The number of rotatable bonds is 3. The summed E-state index contributed by atoms with van der Waals surface area (Å²) in [5.41, 5.74) is 13.3. The van der Waals surface area contributed by atoms with Gasteiger partial charge >= 0.3 is 0 Å². The van der Waals surface area contributed by atoms with Crippen molar-refractivity contribution in [3.05, 3.63) is 169 Å². The third-order valence-corrected chi connectivity index (χ3v) is 10.4. The van der Waals surface area contributed by atoms with Crippen molar-refractivity contribution in [2.24, 2.45) is 0 Å². The van der Waals surface area contributed by atoms with Gasteiger partial charge in [0, 0.05) is 33.0 Å². The number of fused-ring (bicyclic) bond motifs is 5. The zero-order valence-electron chi connectivity index (χ0n) is 27.3. The van der Waals surface area contributed by atoms with Gasteiger partial charge in [-0.15, -0.1) is 0 Å². The van der Waals surface area contributed by atoms with Crippen LogP contribution in [0.4, 0.5) is 34.4 Å². The molecule has 8 aromatic rings. The number of anilines is 6. The molecule has 0 aliphatic carbocycles. The lowest BCUT2D eigenvalue weighted by Gasteiger charge is -2.43. The molecular weight excluding hydrogens is 597 g/mol. The maximum atomic E-state index is 5.41. The zero-order chi connectivity index (χ0) is 32.7. The minimum Gasteiger partial charge on any atom is -0.310 e. The Morgan fingerprint density at radius 3 is 2.02 bits per heavy atom. The number of hydrogen-bond donors (Lipinski definition) is 0. The Kier molecular flexibility index (Phi) is 5.89. The van der Waals surface area contributed by atoms with Crippen molar-refractivity contribution in [1.29, 1.82) is 0 Å². The Morgan fingerprint density at radius 2 is 1.18 bits per heavy atom. The Morgan fingerprint density at radius 1 is 0.490 bits per heavy atom. The van der Waals surface area contributed by atoms with E-state index in [9.17, 15) is 0 Å². The van der Waals surface area contributed by atoms with E-state index >= 15 is 0 Å². The smallest absolute Gasteiger partial charge is 0.235 e. The lowest BCUT2D eigenvalue weighted by molar-refractivity contribution is 0.632. The molecule has 4 heteroatoms. The minimum absolute atomic E-state index is 0.234. The van der Waals surface area contributed by atoms with Gasteiger partial charge in [0.05, 0.1) is 34.0 Å². The van der Waals surface area contributed by atoms with Gasteiger partial charge in [-0.2, -0.15) is 0 Å². The van der Waals surface area contributed by atoms with Crippen LogP contribution in [0.15, 0.2) is 158 Å². The summed E-state index contributed by atoms with van der Waals surface area (Å²) in [6.07, 6.45) is 0. The molecule has 2 aliphatic heterocycles. The lowest BCUT2D eigenvalue weighted by Crippen LogP contribution is -2.31. The van der Waals surface area contributed by atoms with E-state index in [0.29, 0.717) is 5.95 Å². The van der Waals surface area contributed by atoms with Crippen LogP contribution >= 0.6 is 0 Å². The van der Waals surface area contributed by atoms with E-state index in [1.165, 1.54) is 38.7 Å². The molecule has 0 bridgehead atoms. The van der Waals surface area contributed by atoms with Gasteiger partial charge in [-0.25, -0.2) is 9.97 Å². The van der Waals surface area contributed by atoms with Crippen LogP contribution in [0.25, 0.3) is 44.1 Å². The molecule has 0 fully saturated rings. The molecule has 0 unspecified atom stereocenters. The van der Waals surface area contributed by atoms with Gasteiger partial charge in [-0.3, -0.25) is 4.90 Å². The fraction of sp³-hybridized carbons (Fsp3) is 0.0667. The molecule has 0 saturated carbocycles. The topological polar surface area (TPSA) is 32.3 Å². The van der Waals surface area contributed by atoms with Crippen LogP contribution in [0, 0.1) is 0 Å². The van der Waals surface area contributed by atoms with E-state index in [1.807, 2.05) is 6.07 Å². The number of para-hydroxylation sites is 3. The lowest BCUT2D eigenvalue weighted by atomic mass is 9.72. The normalized spacial score (nSPS) is 14.0. The van der Waals surface area contributed by atoms with Gasteiger partial charge in [0.25, 0.3) is 0 Å². The molecule has 0 amide bonds. The summed E-state index contributed by atoms with van der Waals surface area (Å²) in [7, 11) is 0. The van der Waals surface area contributed by atoms with Crippen LogP contribution in [0.5, 0.6) is 0 Å². The Balaban J connectivity index is 1.32. The van der Waals surface area contributed by atoms with Crippen LogP contribution < -0.4 is 9.80 Å². The maximum absolute atomic E-state index is 5.41. The molecular formula is C45H32N4. The molecule has 232 valence electrons. The summed E-state index contributed by atoms with van der Waals surface area (Å²) >= 11 is 0. The second-order valence-electron chi connectivity index (χ2n) is 13.5. The van der Waals surface area contributed by atoms with Gasteiger partial charge in [0.1, 0.15) is 0 Å². The van der Waals surface area contributed by atoms with Crippen LogP contribution in [-0.4, -0.2) is 9.97 Å². The van der Waals surface area contributed by atoms with E-state index in [1.54, 1.807) is 0 Å². The first-order chi connectivity index (χ1) is 24.1. The van der Waals surface area contributed by atoms with Crippen molar-refractivity contribution in [2.75, 3.05) is 9.80 Å². The monoisotopic (exact) mass is 628 g/mol. The Bertz CT molecular complexity index is 2590. The van der Waals surface area contributed by atoms with Gasteiger partial charge in [0.15, 0.2) is 0 Å². The summed E-state index contributed by atoms with van der Waals surface area (Å²) in [4.78, 5) is 15.4. The third kappa shape index (κ3) is 4.04. The van der Waals surface area contributed by atoms with Gasteiger partial charge in [0.2, 0.25) is 5.95 Å². The fourth-order valence-electron chi connectivity index (χ4n) is 8.05. The Labute approximate surface area is 285 Å². The maximum Gasteiger partial charge on any atom is 0.235 e. The quantitative estimate of drug-likeness (QED) is 0.195. The third-order valence-electron chi connectivity index (χ3n) is 10.4. The molecule has 10 rings (SSSR count). The Hall–Kier alpha value is -6.26. The zero-order valence-corrected chi connectivity index (χ0v) is 27.3. The predicted octanol–water partition coefficient (Wildman–Crippen LogP) is 12.0. The first-order valence-corrected chi connectivity index (χ1v) is 16.9. The minimum atomic E-state index is -0.234. The highest BCUT2D eigenvalue weighted by molar-refractivity contribution is 6.14. The first kappa shape index (κ1) is 27.8. The van der Waals surface area contributed by atoms with E-state index in [4.69, 9.17) is 9.97 Å². The molecule has 7 aromatic carbocycles. The van der Waals surface area contributed by atoms with Gasteiger partial charge < -0.3 is 4.90 Å². The number of hydrogen-bond acceptors (Lipinski definition) is 4. The summed E-state index contributed by atoms with van der Waals surface area (Å²) in [5.74, 6) is 0.655. The predicted molar refractivity (Wildman–Crippen MR) is 203 cm³/mol. The van der Waals surface area contributed by atoms with Crippen molar-refractivity contribution < 1.29 is 0 Å². The van der Waals surface area contributed by atoms with Crippen molar-refractivity contribution in [1.82, 2.24) is 9.97 Å². The van der Waals surface area contributed by atoms with Crippen molar-refractivity contribution in [2.45, 2.75) is 19.3 Å². The highest BCUT2D eigenvalue weighted by Gasteiger charge is 2.39. The largest absolute Gasteiger partial charge is 0.310 e. The summed E-state index contributed by atoms with van der Waals surface area (Å²) in [6.45, 7) is 4.71. The van der Waals surface area contributed by atoms with E-state index in [-0.39, 0.29) is 5.41 Å². The highest BCUT2D eigenvalue weighted by Crippen LogP contribution is 2.58. The molecule has 0 spiro atoms. The second kappa shape index (κ2) is 10.4. The highest BCUT2D eigenvalue weighted by atomic mass is 15.3. The summed E-state index contributed by atoms with van der Waals surface area (Å²) in [6, 6.07) is 56.4. The standard InChI is InChI=1S/C45H32N4/c1-45(2)35-23-10-12-25-38(35)48(31-19-7-4-8-20-31)41-28-40-34(27-36(41)45)32-22-13-17-29-18-14-26-39(42(29)32)49(40)44-46-37-24-11-9-21-33(37)43(47-44)30-15-5-3-6-16-30/h3-28H,1-2H3. The molecule has 3 heterocycles. The second-order valence-corrected chi connectivity index (χ2v) is 13.5. The molecule has 49 heavy (non-hydrogen) atoms. The molecule has 1 aromatic heterocycles. The van der Waals surface area contributed by atoms with Crippen LogP contribution in [0.2, 0.25) is 0 Å². The van der Waals surface area contributed by atoms with Gasteiger partial charge in [-0.05, 0) is 64.5 Å². The molecule has 0 radical (unpaired) electrons. The fourth-order valence-corrected chi connectivity index (χ4v) is 8.05. The van der Waals surface area contributed by atoms with Crippen molar-refractivity contribution in [3.8, 4) is 22.4 Å². The van der Waals surface area contributed by atoms with Crippen LogP contribution in [0.1, 0.15) is 25.0 Å². The number of aromatic nitrogens is 2. The van der Waals surface area contributed by atoms with Gasteiger partial charge in [-0.1, -0.05) is 129 Å². The molecule has 4 nitrogen and oxygen atoms in total. The number of nitrogens with zero attached hydrogens (tertiary/aromatic N) is 4. The van der Waals surface area contributed by atoms with E-state index in [0.717, 1.165) is 44.9 Å². The summed E-state index contributed by atoms with van der Waals surface area (Å²) < 4.78 is 0. The van der Waals surface area contributed by atoms with Crippen LogP contribution in [0.3, 0.4) is 0 Å². The number of benzene rings is 7. The molecule has 0 saturated heterocycles. The van der Waals surface area contributed by atoms with E-state index < -0.39 is 0 Å². The average molecular weight is 629 g/mol. The first-order valence-electron chi connectivity index (χ1n) is 16.9.